The molecule has 0 saturated carbocycles. The summed E-state index contributed by atoms with van der Waals surface area (Å²) in [6.45, 7) is 2.52. The Morgan fingerprint density at radius 2 is 1.69 bits per heavy atom. The lowest BCUT2D eigenvalue weighted by Crippen LogP contribution is -2.49. The summed E-state index contributed by atoms with van der Waals surface area (Å²) >= 11 is 14.5. The molecule has 2 heterocycles. The van der Waals surface area contributed by atoms with Crippen molar-refractivity contribution in [3.8, 4) is 0 Å². The zero-order valence-corrected chi connectivity index (χ0v) is 26.5. The number of likely N-dealkylation sites (tertiary alicyclic amines) is 2. The monoisotopic (exact) mass is 646 g/mol. The van der Waals surface area contributed by atoms with E-state index in [1.54, 1.807) is 42.1 Å². The Labute approximate surface area is 262 Å². The van der Waals surface area contributed by atoms with Gasteiger partial charge in [-0.25, -0.2) is 8.42 Å². The highest BCUT2D eigenvalue weighted by Crippen LogP contribution is 2.45. The van der Waals surface area contributed by atoms with E-state index in [1.165, 1.54) is 0 Å². The second kappa shape index (κ2) is 13.7. The minimum absolute atomic E-state index is 0.0107. The molecule has 0 aromatic heterocycles. The van der Waals surface area contributed by atoms with E-state index in [-0.39, 0.29) is 17.7 Å². The first-order chi connectivity index (χ1) is 20.2. The van der Waals surface area contributed by atoms with E-state index in [2.05, 4.69) is 4.90 Å². The van der Waals surface area contributed by atoms with Crippen LogP contribution >= 0.6 is 35.0 Å². The molecule has 0 bridgehead atoms. The number of carbonyl (C=O) groups excluding carboxylic acids is 1. The molecule has 3 aromatic carbocycles. The lowest BCUT2D eigenvalue weighted by atomic mass is 9.89. The summed E-state index contributed by atoms with van der Waals surface area (Å²) in [4.78, 5) is 17.9. The molecular formula is C32H36Cl2N2O4S2. The number of amides is 1. The Balaban J connectivity index is 1.34. The number of aliphatic hydroxyl groups is 1. The van der Waals surface area contributed by atoms with Crippen LogP contribution in [0.4, 0.5) is 0 Å². The molecule has 0 aliphatic carbocycles. The topological polar surface area (TPSA) is 77.9 Å². The van der Waals surface area contributed by atoms with E-state index in [0.29, 0.717) is 59.5 Å². The van der Waals surface area contributed by atoms with Crippen molar-refractivity contribution in [3.63, 3.8) is 0 Å². The highest BCUT2D eigenvalue weighted by molar-refractivity contribution is 8.00. The maximum atomic E-state index is 13.5. The van der Waals surface area contributed by atoms with Gasteiger partial charge in [0.15, 0.2) is 9.84 Å². The highest BCUT2D eigenvalue weighted by atomic mass is 35.5. The second-order valence-electron chi connectivity index (χ2n) is 11.1. The SMILES string of the molecule is O=C(c1ccccc1)N1CCCC(SCCN2CCC(O)CC2CS(=O)(=O)c2ccccc2)(c2ccc(Cl)c(Cl)c2)C1. The van der Waals surface area contributed by atoms with Gasteiger partial charge in [0.05, 0.1) is 31.5 Å². The standard InChI is InChI=1S/C32H36Cl2N2O4S2/c33-29-13-12-25(20-30(29)34)32(15-7-16-36(23-32)31(38)24-8-3-1-4-9-24)41-19-18-35-17-14-27(37)21-26(35)22-42(39,40)28-10-5-2-6-11-28/h1-6,8-13,20,26-27,37H,7,14-19,21-23H2. The van der Waals surface area contributed by atoms with Crippen molar-refractivity contribution >= 4 is 50.7 Å². The molecule has 2 aliphatic rings. The first-order valence-corrected chi connectivity index (χ1v) is 17.7. The maximum absolute atomic E-state index is 13.5. The van der Waals surface area contributed by atoms with Crippen molar-refractivity contribution in [3.05, 3.63) is 100 Å². The number of aliphatic hydroxyl groups excluding tert-OH is 1. The van der Waals surface area contributed by atoms with Gasteiger partial charge in [-0.05, 0) is 67.6 Å². The summed E-state index contributed by atoms with van der Waals surface area (Å²) in [5.41, 5.74) is 1.70. The van der Waals surface area contributed by atoms with E-state index in [9.17, 15) is 18.3 Å². The van der Waals surface area contributed by atoms with Gasteiger partial charge in [-0.1, -0.05) is 65.7 Å². The lowest BCUT2D eigenvalue weighted by Gasteiger charge is -2.44. The van der Waals surface area contributed by atoms with Gasteiger partial charge in [-0.3, -0.25) is 9.69 Å². The summed E-state index contributed by atoms with van der Waals surface area (Å²) < 4.78 is 26.0. The fourth-order valence-corrected chi connectivity index (χ4v) is 9.52. The van der Waals surface area contributed by atoms with Gasteiger partial charge < -0.3 is 10.0 Å². The van der Waals surface area contributed by atoms with Crippen LogP contribution in [0.5, 0.6) is 0 Å². The molecule has 1 N–H and O–H groups in total. The van der Waals surface area contributed by atoms with Crippen LogP contribution in [0.3, 0.4) is 0 Å². The molecule has 2 aliphatic heterocycles. The third-order valence-electron chi connectivity index (χ3n) is 8.29. The predicted molar refractivity (Wildman–Crippen MR) is 171 cm³/mol. The number of thioether (sulfide) groups is 1. The summed E-state index contributed by atoms with van der Waals surface area (Å²) in [5, 5.41) is 11.4. The fraction of sp³-hybridized carbons (Fsp3) is 0.406. The first-order valence-electron chi connectivity index (χ1n) is 14.3. The van der Waals surface area contributed by atoms with Crippen LogP contribution in [0.15, 0.2) is 83.8 Å². The average molecular weight is 648 g/mol. The molecule has 42 heavy (non-hydrogen) atoms. The van der Waals surface area contributed by atoms with E-state index in [4.69, 9.17) is 23.2 Å². The Kier molecular flexibility index (Phi) is 10.2. The fourth-order valence-electron chi connectivity index (χ4n) is 6.06. The number of hydrogen-bond acceptors (Lipinski definition) is 6. The van der Waals surface area contributed by atoms with Crippen LogP contribution < -0.4 is 0 Å². The molecule has 2 saturated heterocycles. The van der Waals surface area contributed by atoms with Gasteiger partial charge in [0.1, 0.15) is 0 Å². The van der Waals surface area contributed by atoms with Crippen molar-refractivity contribution in [2.75, 3.05) is 37.7 Å². The molecular weight excluding hydrogens is 611 g/mol. The van der Waals surface area contributed by atoms with Gasteiger partial charge in [-0.2, -0.15) is 0 Å². The Hall–Kier alpha value is -2.07. The minimum atomic E-state index is -3.50. The van der Waals surface area contributed by atoms with E-state index < -0.39 is 20.7 Å². The van der Waals surface area contributed by atoms with Crippen molar-refractivity contribution < 1.29 is 18.3 Å². The minimum Gasteiger partial charge on any atom is -0.393 e. The van der Waals surface area contributed by atoms with Crippen molar-refractivity contribution in [1.82, 2.24) is 9.80 Å². The molecule has 6 nitrogen and oxygen atoms in total. The predicted octanol–water partition coefficient (Wildman–Crippen LogP) is 6.16. The van der Waals surface area contributed by atoms with Gasteiger partial charge in [0, 0.05) is 43.5 Å². The molecule has 3 unspecified atom stereocenters. The van der Waals surface area contributed by atoms with Crippen LogP contribution in [-0.4, -0.2) is 79.1 Å². The van der Waals surface area contributed by atoms with Crippen molar-refractivity contribution in [1.29, 1.82) is 0 Å². The van der Waals surface area contributed by atoms with E-state index in [0.717, 1.165) is 24.2 Å². The van der Waals surface area contributed by atoms with Gasteiger partial charge in [0.2, 0.25) is 0 Å². The van der Waals surface area contributed by atoms with Gasteiger partial charge >= 0.3 is 0 Å². The van der Waals surface area contributed by atoms with E-state index >= 15 is 0 Å². The number of sulfone groups is 1. The summed E-state index contributed by atoms with van der Waals surface area (Å²) in [5.74, 6) is 0.707. The van der Waals surface area contributed by atoms with Gasteiger partial charge in [0.25, 0.3) is 5.91 Å². The van der Waals surface area contributed by atoms with Crippen molar-refractivity contribution in [2.45, 2.75) is 47.5 Å². The third-order valence-corrected chi connectivity index (χ3v) is 12.4. The largest absolute Gasteiger partial charge is 0.393 e. The van der Waals surface area contributed by atoms with Crippen molar-refractivity contribution in [2.24, 2.45) is 0 Å². The molecule has 10 heteroatoms. The van der Waals surface area contributed by atoms with Crippen LogP contribution in [0, 0.1) is 0 Å². The lowest BCUT2D eigenvalue weighted by molar-refractivity contribution is 0.0530. The second-order valence-corrected chi connectivity index (χ2v) is 15.5. The Morgan fingerprint density at radius 3 is 2.40 bits per heavy atom. The molecule has 224 valence electrons. The number of halogens is 2. The highest BCUT2D eigenvalue weighted by Gasteiger charge is 2.40. The third kappa shape index (κ3) is 7.34. The molecule has 0 radical (unpaired) electrons. The van der Waals surface area contributed by atoms with Crippen LogP contribution in [0.2, 0.25) is 10.0 Å². The smallest absolute Gasteiger partial charge is 0.253 e. The van der Waals surface area contributed by atoms with Gasteiger partial charge in [-0.15, -0.1) is 11.8 Å². The molecule has 1 amide bonds. The quantitative estimate of drug-likeness (QED) is 0.300. The van der Waals surface area contributed by atoms with Crippen LogP contribution in [-0.2, 0) is 14.6 Å². The normalized spacial score (nSPS) is 23.5. The molecule has 3 atom stereocenters. The molecule has 3 aromatic rings. The van der Waals surface area contributed by atoms with E-state index in [1.807, 2.05) is 53.4 Å². The van der Waals surface area contributed by atoms with Crippen LogP contribution in [0.1, 0.15) is 41.6 Å². The zero-order chi connectivity index (χ0) is 29.7. The maximum Gasteiger partial charge on any atom is 0.253 e. The number of nitrogens with zero attached hydrogens (tertiary/aromatic N) is 2. The molecule has 5 rings (SSSR count). The number of carbonyl (C=O) groups is 1. The molecule has 2 fully saturated rings. The first kappa shape index (κ1) is 31.4. The summed E-state index contributed by atoms with van der Waals surface area (Å²) in [7, 11) is -3.50. The Morgan fingerprint density at radius 1 is 0.976 bits per heavy atom. The number of piperidine rings is 2. The summed E-state index contributed by atoms with van der Waals surface area (Å²) in [6, 6.07) is 23.3. The Bertz CT molecular complexity index is 1480. The molecule has 0 spiro atoms. The average Bonchev–Trinajstić information content (AvgIpc) is 3.00. The number of benzene rings is 3. The number of rotatable bonds is 9. The number of hydrogen-bond donors (Lipinski definition) is 1. The summed E-state index contributed by atoms with van der Waals surface area (Å²) in [6.07, 6.45) is 2.25. The van der Waals surface area contributed by atoms with Crippen LogP contribution in [0.25, 0.3) is 0 Å². The zero-order valence-electron chi connectivity index (χ0n) is 23.4.